The van der Waals surface area contributed by atoms with Gasteiger partial charge in [-0.3, -0.25) is 4.79 Å². The first-order valence-corrected chi connectivity index (χ1v) is 6.55. The number of nitrogens with zero attached hydrogens (tertiary/aromatic N) is 1. The molecule has 0 atom stereocenters. The molecule has 0 heterocycles. The molecule has 0 saturated heterocycles. The molecule has 20 heavy (non-hydrogen) atoms. The molecule has 2 nitrogen and oxygen atoms in total. The first kappa shape index (κ1) is 14.3. The second-order valence-electron chi connectivity index (χ2n) is 5.02. The van der Waals surface area contributed by atoms with Crippen LogP contribution in [0.1, 0.15) is 28.4 Å². The Morgan fingerprint density at radius 3 is 2.45 bits per heavy atom. The lowest BCUT2D eigenvalue weighted by molar-refractivity contribution is 0.101. The van der Waals surface area contributed by atoms with Crippen LogP contribution in [0.2, 0.25) is 0 Å². The molecule has 0 spiro atoms. The summed E-state index contributed by atoms with van der Waals surface area (Å²) in [5.41, 5.74) is 2.88. The number of benzene rings is 2. The van der Waals surface area contributed by atoms with Gasteiger partial charge in [-0.05, 0) is 37.1 Å². The number of carbonyl (C=O) groups excluding carboxylic acids is 1. The highest BCUT2D eigenvalue weighted by molar-refractivity contribution is 5.99. The van der Waals surface area contributed by atoms with Gasteiger partial charge in [0.05, 0.1) is 0 Å². The van der Waals surface area contributed by atoms with Gasteiger partial charge in [-0.1, -0.05) is 30.3 Å². The fourth-order valence-electron chi connectivity index (χ4n) is 2.21. The van der Waals surface area contributed by atoms with Gasteiger partial charge in [0.2, 0.25) is 0 Å². The van der Waals surface area contributed by atoms with Gasteiger partial charge in [-0.15, -0.1) is 0 Å². The quantitative estimate of drug-likeness (QED) is 0.784. The zero-order valence-electron chi connectivity index (χ0n) is 12.0. The molecular weight excluding hydrogens is 253 g/mol. The van der Waals surface area contributed by atoms with E-state index >= 15 is 0 Å². The zero-order chi connectivity index (χ0) is 14.7. The van der Waals surface area contributed by atoms with Gasteiger partial charge in [0, 0.05) is 24.8 Å². The third-order valence-corrected chi connectivity index (χ3v) is 3.33. The summed E-state index contributed by atoms with van der Waals surface area (Å²) < 4.78 is 13.6. The van der Waals surface area contributed by atoms with Crippen molar-refractivity contribution >= 4 is 11.5 Å². The summed E-state index contributed by atoms with van der Waals surface area (Å²) in [5.74, 6) is -0.467. The van der Waals surface area contributed by atoms with Crippen molar-refractivity contribution in [3.05, 3.63) is 65.0 Å². The molecule has 0 aliphatic heterocycles. The summed E-state index contributed by atoms with van der Waals surface area (Å²) in [4.78, 5) is 13.7. The molecule has 104 valence electrons. The molecule has 0 bridgehead atoms. The second-order valence-corrected chi connectivity index (χ2v) is 5.02. The first-order valence-electron chi connectivity index (χ1n) is 6.55. The van der Waals surface area contributed by atoms with Crippen LogP contribution in [0.3, 0.4) is 0 Å². The first-order chi connectivity index (χ1) is 9.49. The van der Waals surface area contributed by atoms with Gasteiger partial charge in [0.15, 0.2) is 5.78 Å². The zero-order valence-corrected chi connectivity index (χ0v) is 12.0. The Morgan fingerprint density at radius 1 is 1.20 bits per heavy atom. The van der Waals surface area contributed by atoms with Crippen LogP contribution in [-0.4, -0.2) is 12.8 Å². The van der Waals surface area contributed by atoms with Gasteiger partial charge in [0.1, 0.15) is 5.82 Å². The van der Waals surface area contributed by atoms with Crippen LogP contribution >= 0.6 is 0 Å². The Morgan fingerprint density at radius 2 is 1.85 bits per heavy atom. The van der Waals surface area contributed by atoms with Crippen molar-refractivity contribution < 1.29 is 9.18 Å². The number of hydrogen-bond donors (Lipinski definition) is 0. The molecule has 2 aromatic rings. The number of anilines is 1. The smallest absolute Gasteiger partial charge is 0.161 e. The number of ketones is 1. The van der Waals surface area contributed by atoms with Crippen LogP contribution in [-0.2, 0) is 6.54 Å². The Bertz CT molecular complexity index is 622. The maximum atomic E-state index is 13.6. The SMILES string of the molecule is CC(=O)c1cc(F)c(C)cc1N(C)Cc1ccccc1. The highest BCUT2D eigenvalue weighted by Gasteiger charge is 2.14. The van der Waals surface area contributed by atoms with Gasteiger partial charge >= 0.3 is 0 Å². The number of hydrogen-bond acceptors (Lipinski definition) is 2. The van der Waals surface area contributed by atoms with Crippen molar-refractivity contribution in [3.8, 4) is 0 Å². The van der Waals surface area contributed by atoms with Gasteiger partial charge < -0.3 is 4.90 Å². The Labute approximate surface area is 118 Å². The topological polar surface area (TPSA) is 20.3 Å². The van der Waals surface area contributed by atoms with Crippen molar-refractivity contribution in [1.82, 2.24) is 0 Å². The molecule has 0 amide bonds. The molecule has 3 heteroatoms. The molecule has 2 rings (SSSR count). The predicted molar refractivity (Wildman–Crippen MR) is 79.7 cm³/mol. The lowest BCUT2D eigenvalue weighted by Gasteiger charge is -2.22. The third kappa shape index (κ3) is 3.05. The van der Waals surface area contributed by atoms with E-state index < -0.39 is 0 Å². The van der Waals surface area contributed by atoms with Crippen LogP contribution in [0.5, 0.6) is 0 Å². The maximum absolute atomic E-state index is 13.6. The minimum atomic E-state index is -0.341. The fraction of sp³-hybridized carbons (Fsp3) is 0.235. The Kier molecular flexibility index (Phi) is 4.18. The van der Waals surface area contributed by atoms with E-state index in [4.69, 9.17) is 0 Å². The third-order valence-electron chi connectivity index (χ3n) is 3.33. The van der Waals surface area contributed by atoms with Crippen LogP contribution in [0.4, 0.5) is 10.1 Å². The lowest BCUT2D eigenvalue weighted by Crippen LogP contribution is -2.19. The summed E-state index contributed by atoms with van der Waals surface area (Å²) in [7, 11) is 1.91. The number of Topliss-reactive ketones (excluding diaryl/α,β-unsaturated/α-hetero) is 1. The van der Waals surface area contributed by atoms with Crippen molar-refractivity contribution in [1.29, 1.82) is 0 Å². The van der Waals surface area contributed by atoms with E-state index in [-0.39, 0.29) is 11.6 Å². The minimum absolute atomic E-state index is 0.126. The van der Waals surface area contributed by atoms with Gasteiger partial charge in [0.25, 0.3) is 0 Å². The molecule has 0 N–H and O–H groups in total. The van der Waals surface area contributed by atoms with Crippen molar-refractivity contribution in [3.63, 3.8) is 0 Å². The normalized spacial score (nSPS) is 10.4. The Balaban J connectivity index is 2.36. The molecule has 0 aliphatic rings. The van der Waals surface area contributed by atoms with Crippen LogP contribution in [0, 0.1) is 12.7 Å². The van der Waals surface area contributed by atoms with Crippen molar-refractivity contribution in [2.24, 2.45) is 0 Å². The van der Waals surface area contributed by atoms with E-state index in [1.807, 2.05) is 42.3 Å². The average Bonchev–Trinajstić information content (AvgIpc) is 2.42. The maximum Gasteiger partial charge on any atom is 0.161 e. The highest BCUT2D eigenvalue weighted by atomic mass is 19.1. The summed E-state index contributed by atoms with van der Waals surface area (Å²) >= 11 is 0. The molecule has 0 aliphatic carbocycles. The van der Waals surface area contributed by atoms with E-state index in [9.17, 15) is 9.18 Å². The van der Waals surface area contributed by atoms with Crippen LogP contribution < -0.4 is 4.90 Å². The van der Waals surface area contributed by atoms with E-state index in [0.717, 1.165) is 11.3 Å². The van der Waals surface area contributed by atoms with E-state index in [1.165, 1.54) is 13.0 Å². The summed E-state index contributed by atoms with van der Waals surface area (Å²) in [6.07, 6.45) is 0. The number of aryl methyl sites for hydroxylation is 1. The molecule has 2 aromatic carbocycles. The van der Waals surface area contributed by atoms with Crippen molar-refractivity contribution in [2.45, 2.75) is 20.4 Å². The molecule has 0 unspecified atom stereocenters. The molecular formula is C17H18FNO. The number of halogens is 1. The summed E-state index contributed by atoms with van der Waals surface area (Å²) in [5, 5.41) is 0. The highest BCUT2D eigenvalue weighted by Crippen LogP contribution is 2.25. The standard InChI is InChI=1S/C17H18FNO/c1-12-9-17(15(13(2)20)10-16(12)18)19(3)11-14-7-5-4-6-8-14/h4-10H,11H2,1-3H3. The monoisotopic (exact) mass is 271 g/mol. The summed E-state index contributed by atoms with van der Waals surface area (Å²) in [6, 6.07) is 13.0. The molecule has 0 radical (unpaired) electrons. The van der Waals surface area contributed by atoms with Crippen LogP contribution in [0.25, 0.3) is 0 Å². The molecule has 0 fully saturated rings. The van der Waals surface area contributed by atoms with Gasteiger partial charge in [-0.2, -0.15) is 0 Å². The molecule has 0 saturated carbocycles. The summed E-state index contributed by atoms with van der Waals surface area (Å²) in [6.45, 7) is 3.84. The fourth-order valence-corrected chi connectivity index (χ4v) is 2.21. The number of carbonyl (C=O) groups is 1. The van der Waals surface area contributed by atoms with Crippen molar-refractivity contribution in [2.75, 3.05) is 11.9 Å². The van der Waals surface area contributed by atoms with Crippen LogP contribution in [0.15, 0.2) is 42.5 Å². The largest absolute Gasteiger partial charge is 0.370 e. The predicted octanol–water partition coefficient (Wildman–Crippen LogP) is 3.97. The second kappa shape index (κ2) is 5.87. The number of rotatable bonds is 4. The van der Waals surface area contributed by atoms with E-state index in [1.54, 1.807) is 13.0 Å². The Hall–Kier alpha value is -2.16. The van der Waals surface area contributed by atoms with E-state index in [0.29, 0.717) is 17.7 Å². The van der Waals surface area contributed by atoms with Gasteiger partial charge in [-0.25, -0.2) is 4.39 Å². The average molecular weight is 271 g/mol. The minimum Gasteiger partial charge on any atom is -0.370 e. The van der Waals surface area contributed by atoms with E-state index in [2.05, 4.69) is 0 Å². The lowest BCUT2D eigenvalue weighted by atomic mass is 10.0. The molecule has 0 aromatic heterocycles.